The van der Waals surface area contributed by atoms with Gasteiger partial charge in [0.25, 0.3) is 0 Å². The first-order chi connectivity index (χ1) is 7.74. The molecule has 0 aromatic heterocycles. The molecule has 16 heavy (non-hydrogen) atoms. The van der Waals surface area contributed by atoms with Gasteiger partial charge in [-0.1, -0.05) is 37.3 Å². The van der Waals surface area contributed by atoms with E-state index in [4.69, 9.17) is 4.74 Å². The Labute approximate surface area is 96.6 Å². The maximum Gasteiger partial charge on any atom is 0.128 e. The van der Waals surface area contributed by atoms with E-state index in [1.165, 1.54) is 0 Å². The van der Waals surface area contributed by atoms with Gasteiger partial charge in [-0.15, -0.1) is 0 Å². The SMILES string of the molecule is CC1CC(C=O)(COCc2ccccc2)C1. The van der Waals surface area contributed by atoms with Crippen LogP contribution in [-0.2, 0) is 16.1 Å². The minimum atomic E-state index is -0.186. The van der Waals surface area contributed by atoms with Crippen LogP contribution in [0.4, 0.5) is 0 Å². The highest BCUT2D eigenvalue weighted by molar-refractivity contribution is 5.61. The summed E-state index contributed by atoms with van der Waals surface area (Å²) in [6, 6.07) is 10.1. The van der Waals surface area contributed by atoms with Crippen molar-refractivity contribution >= 4 is 6.29 Å². The van der Waals surface area contributed by atoms with Crippen LogP contribution in [0.15, 0.2) is 30.3 Å². The summed E-state index contributed by atoms with van der Waals surface area (Å²) in [6.45, 7) is 3.35. The lowest BCUT2D eigenvalue weighted by Gasteiger charge is -2.41. The molecule has 0 aliphatic heterocycles. The molecule has 0 saturated heterocycles. The van der Waals surface area contributed by atoms with E-state index in [1.54, 1.807) is 0 Å². The number of aldehydes is 1. The fourth-order valence-electron chi connectivity index (χ4n) is 2.52. The van der Waals surface area contributed by atoms with Gasteiger partial charge in [-0.25, -0.2) is 0 Å². The number of hydrogen-bond acceptors (Lipinski definition) is 2. The van der Waals surface area contributed by atoms with Crippen LogP contribution in [0.3, 0.4) is 0 Å². The maximum absolute atomic E-state index is 11.0. The molecule has 86 valence electrons. The highest BCUT2D eigenvalue weighted by Gasteiger charge is 2.42. The van der Waals surface area contributed by atoms with Crippen molar-refractivity contribution in [1.82, 2.24) is 0 Å². The lowest BCUT2D eigenvalue weighted by Crippen LogP contribution is -2.41. The summed E-state index contributed by atoms with van der Waals surface area (Å²) in [7, 11) is 0. The number of rotatable bonds is 5. The van der Waals surface area contributed by atoms with Gasteiger partial charge >= 0.3 is 0 Å². The lowest BCUT2D eigenvalue weighted by molar-refractivity contribution is -0.130. The van der Waals surface area contributed by atoms with Crippen LogP contribution in [-0.4, -0.2) is 12.9 Å². The molecule has 0 amide bonds. The zero-order chi connectivity index (χ0) is 11.4. The first-order valence-electron chi connectivity index (χ1n) is 5.82. The first kappa shape index (κ1) is 11.3. The van der Waals surface area contributed by atoms with Gasteiger partial charge in [-0.3, -0.25) is 0 Å². The second kappa shape index (κ2) is 4.79. The average molecular weight is 218 g/mol. The van der Waals surface area contributed by atoms with Gasteiger partial charge in [0.05, 0.1) is 13.2 Å². The van der Waals surface area contributed by atoms with E-state index < -0.39 is 0 Å². The highest BCUT2D eigenvalue weighted by Crippen LogP contribution is 2.43. The van der Waals surface area contributed by atoms with Gasteiger partial charge in [0.1, 0.15) is 6.29 Å². The second-order valence-electron chi connectivity index (χ2n) is 4.97. The minimum absolute atomic E-state index is 0.186. The standard InChI is InChI=1S/C14H18O2/c1-12-7-14(8-12,10-15)11-16-9-13-5-3-2-4-6-13/h2-6,10,12H,7-9,11H2,1H3. The van der Waals surface area contributed by atoms with E-state index in [-0.39, 0.29) is 5.41 Å². The van der Waals surface area contributed by atoms with E-state index in [0.717, 1.165) is 24.7 Å². The van der Waals surface area contributed by atoms with Crippen LogP contribution in [0.2, 0.25) is 0 Å². The summed E-state index contributed by atoms with van der Waals surface area (Å²) in [6.07, 6.45) is 3.04. The van der Waals surface area contributed by atoms with E-state index in [9.17, 15) is 4.79 Å². The topological polar surface area (TPSA) is 26.3 Å². The van der Waals surface area contributed by atoms with Crippen LogP contribution >= 0.6 is 0 Å². The molecule has 0 atom stereocenters. The molecular formula is C14H18O2. The predicted molar refractivity (Wildman–Crippen MR) is 63.0 cm³/mol. The zero-order valence-electron chi connectivity index (χ0n) is 9.69. The van der Waals surface area contributed by atoms with Crippen molar-refractivity contribution in [3.63, 3.8) is 0 Å². The molecule has 0 spiro atoms. The van der Waals surface area contributed by atoms with E-state index >= 15 is 0 Å². The third-order valence-electron chi connectivity index (χ3n) is 3.26. The van der Waals surface area contributed by atoms with Crippen molar-refractivity contribution in [2.75, 3.05) is 6.61 Å². The first-order valence-corrected chi connectivity index (χ1v) is 5.82. The Morgan fingerprint density at radius 3 is 2.62 bits per heavy atom. The fourth-order valence-corrected chi connectivity index (χ4v) is 2.52. The Morgan fingerprint density at radius 1 is 1.38 bits per heavy atom. The number of carbonyl (C=O) groups excluding carboxylic acids is 1. The molecule has 0 N–H and O–H groups in total. The van der Waals surface area contributed by atoms with Gasteiger partial charge in [0.15, 0.2) is 0 Å². The van der Waals surface area contributed by atoms with Gasteiger partial charge < -0.3 is 9.53 Å². The molecule has 2 nitrogen and oxygen atoms in total. The van der Waals surface area contributed by atoms with Crippen molar-refractivity contribution in [1.29, 1.82) is 0 Å². The summed E-state index contributed by atoms with van der Waals surface area (Å²) < 4.78 is 5.63. The quantitative estimate of drug-likeness (QED) is 0.710. The third kappa shape index (κ3) is 2.50. The summed E-state index contributed by atoms with van der Waals surface area (Å²) in [4.78, 5) is 11.0. The predicted octanol–water partition coefficient (Wildman–Crippen LogP) is 2.82. The van der Waals surface area contributed by atoms with Gasteiger partial charge in [-0.2, -0.15) is 0 Å². The molecule has 1 aliphatic rings. The average Bonchev–Trinajstić information content (AvgIpc) is 2.27. The Morgan fingerprint density at radius 2 is 2.06 bits per heavy atom. The van der Waals surface area contributed by atoms with Crippen molar-refractivity contribution in [2.45, 2.75) is 26.4 Å². The highest BCUT2D eigenvalue weighted by atomic mass is 16.5. The van der Waals surface area contributed by atoms with Crippen LogP contribution in [0.5, 0.6) is 0 Å². The van der Waals surface area contributed by atoms with Crippen molar-refractivity contribution < 1.29 is 9.53 Å². The summed E-state index contributed by atoms with van der Waals surface area (Å²) in [5, 5.41) is 0. The Hall–Kier alpha value is -1.15. The summed E-state index contributed by atoms with van der Waals surface area (Å²) >= 11 is 0. The Balaban J connectivity index is 1.78. The minimum Gasteiger partial charge on any atom is -0.376 e. The molecule has 0 bridgehead atoms. The molecule has 1 aromatic rings. The van der Waals surface area contributed by atoms with Gasteiger partial charge in [-0.05, 0) is 24.3 Å². The van der Waals surface area contributed by atoms with E-state index in [0.29, 0.717) is 19.1 Å². The number of ether oxygens (including phenoxy) is 1. The number of benzene rings is 1. The zero-order valence-corrected chi connectivity index (χ0v) is 9.69. The molecule has 1 aromatic carbocycles. The fraction of sp³-hybridized carbons (Fsp3) is 0.500. The molecular weight excluding hydrogens is 200 g/mol. The molecule has 0 heterocycles. The van der Waals surface area contributed by atoms with Crippen LogP contribution in [0.25, 0.3) is 0 Å². The monoisotopic (exact) mass is 218 g/mol. The van der Waals surface area contributed by atoms with Crippen molar-refractivity contribution in [3.05, 3.63) is 35.9 Å². The van der Waals surface area contributed by atoms with Crippen LogP contribution in [0, 0.1) is 11.3 Å². The normalized spacial score (nSPS) is 28.4. The molecule has 0 radical (unpaired) electrons. The molecule has 0 unspecified atom stereocenters. The number of hydrogen-bond donors (Lipinski definition) is 0. The van der Waals surface area contributed by atoms with Crippen LogP contribution < -0.4 is 0 Å². The number of carbonyl (C=O) groups is 1. The summed E-state index contributed by atoms with van der Waals surface area (Å²) in [5.41, 5.74) is 0.977. The maximum atomic E-state index is 11.0. The van der Waals surface area contributed by atoms with Gasteiger partial charge in [0.2, 0.25) is 0 Å². The van der Waals surface area contributed by atoms with E-state index in [2.05, 4.69) is 6.92 Å². The van der Waals surface area contributed by atoms with Gasteiger partial charge in [0, 0.05) is 5.41 Å². The molecule has 1 saturated carbocycles. The van der Waals surface area contributed by atoms with Crippen molar-refractivity contribution in [2.24, 2.45) is 11.3 Å². The smallest absolute Gasteiger partial charge is 0.128 e. The second-order valence-corrected chi connectivity index (χ2v) is 4.97. The molecule has 2 rings (SSSR count). The molecule has 2 heteroatoms. The van der Waals surface area contributed by atoms with Crippen molar-refractivity contribution in [3.8, 4) is 0 Å². The third-order valence-corrected chi connectivity index (χ3v) is 3.26. The Bertz CT molecular complexity index is 339. The largest absolute Gasteiger partial charge is 0.376 e. The molecule has 1 fully saturated rings. The Kier molecular flexibility index (Phi) is 3.39. The molecule has 1 aliphatic carbocycles. The van der Waals surface area contributed by atoms with E-state index in [1.807, 2.05) is 30.3 Å². The lowest BCUT2D eigenvalue weighted by atomic mass is 9.64. The van der Waals surface area contributed by atoms with Crippen LogP contribution in [0.1, 0.15) is 25.3 Å². The summed E-state index contributed by atoms with van der Waals surface area (Å²) in [5.74, 6) is 0.672.